The highest BCUT2D eigenvalue weighted by molar-refractivity contribution is 7.13. The van der Waals surface area contributed by atoms with Gasteiger partial charge in [0.1, 0.15) is 0 Å². The first kappa shape index (κ1) is 16.4. The minimum absolute atomic E-state index is 1.02. The van der Waals surface area contributed by atoms with Crippen molar-refractivity contribution in [3.63, 3.8) is 0 Å². The third kappa shape index (κ3) is 6.92. The predicted molar refractivity (Wildman–Crippen MR) is 86.2 cm³/mol. The van der Waals surface area contributed by atoms with Crippen LogP contribution in [0.15, 0.2) is 5.38 Å². The van der Waals surface area contributed by atoms with Crippen molar-refractivity contribution in [1.29, 1.82) is 0 Å². The maximum absolute atomic E-state index is 4.50. The molecule has 1 fully saturated rings. The third-order valence-electron chi connectivity index (χ3n) is 3.07. The third-order valence-corrected chi connectivity index (χ3v) is 3.92. The molecule has 1 aromatic rings. The molecule has 0 saturated carbocycles. The van der Waals surface area contributed by atoms with Crippen LogP contribution in [0.5, 0.6) is 0 Å². The Balaban J connectivity index is 0.000000550. The summed E-state index contributed by atoms with van der Waals surface area (Å²) in [6, 6.07) is 0. The minimum atomic E-state index is 1.02. The highest BCUT2D eigenvalue weighted by Crippen LogP contribution is 2.15. The molecular weight excluding hydrogens is 254 g/mol. The van der Waals surface area contributed by atoms with Gasteiger partial charge >= 0.3 is 0 Å². The largest absolute Gasteiger partial charge is 0.360 e. The van der Waals surface area contributed by atoms with Gasteiger partial charge in [-0.15, -0.1) is 11.3 Å². The van der Waals surface area contributed by atoms with Crippen LogP contribution in [-0.2, 0) is 6.42 Å². The molecule has 0 amide bonds. The Kier molecular flexibility index (Phi) is 8.84. The Morgan fingerprint density at radius 3 is 2.47 bits per heavy atom. The van der Waals surface area contributed by atoms with E-state index < -0.39 is 0 Å². The number of nitrogens with zero attached hydrogens (tertiary/aromatic N) is 2. The van der Waals surface area contributed by atoms with Gasteiger partial charge in [-0.3, -0.25) is 0 Å². The molecule has 19 heavy (non-hydrogen) atoms. The SMILES string of the molecule is CCC.CCc1csc(NCCN2CCCCC2)n1. The first-order valence-electron chi connectivity index (χ1n) is 7.70. The van der Waals surface area contributed by atoms with Crippen molar-refractivity contribution in [3.05, 3.63) is 11.1 Å². The van der Waals surface area contributed by atoms with Gasteiger partial charge in [-0.2, -0.15) is 0 Å². The van der Waals surface area contributed by atoms with Gasteiger partial charge in [-0.1, -0.05) is 33.6 Å². The number of likely N-dealkylation sites (tertiary alicyclic amines) is 1. The Labute approximate surface area is 122 Å². The van der Waals surface area contributed by atoms with E-state index in [1.54, 1.807) is 11.3 Å². The summed E-state index contributed by atoms with van der Waals surface area (Å²) in [6.45, 7) is 11.1. The van der Waals surface area contributed by atoms with E-state index in [9.17, 15) is 0 Å². The van der Waals surface area contributed by atoms with Gasteiger partial charge in [0.25, 0.3) is 0 Å². The zero-order valence-corrected chi connectivity index (χ0v) is 13.6. The lowest BCUT2D eigenvalue weighted by Gasteiger charge is -2.26. The summed E-state index contributed by atoms with van der Waals surface area (Å²) in [4.78, 5) is 7.05. The van der Waals surface area contributed by atoms with Gasteiger partial charge in [-0.25, -0.2) is 4.98 Å². The van der Waals surface area contributed by atoms with E-state index in [1.807, 2.05) is 0 Å². The number of rotatable bonds is 5. The number of hydrogen-bond donors (Lipinski definition) is 1. The van der Waals surface area contributed by atoms with Crippen LogP contribution >= 0.6 is 11.3 Å². The molecule has 2 rings (SSSR count). The van der Waals surface area contributed by atoms with E-state index in [4.69, 9.17) is 0 Å². The zero-order valence-electron chi connectivity index (χ0n) is 12.7. The Morgan fingerprint density at radius 1 is 1.21 bits per heavy atom. The predicted octanol–water partition coefficient (Wildman–Crippen LogP) is 4.02. The molecule has 0 radical (unpaired) electrons. The summed E-state index contributed by atoms with van der Waals surface area (Å²) in [5, 5.41) is 6.63. The fourth-order valence-electron chi connectivity index (χ4n) is 2.05. The summed E-state index contributed by atoms with van der Waals surface area (Å²) >= 11 is 1.72. The number of nitrogens with one attached hydrogen (secondary N) is 1. The van der Waals surface area contributed by atoms with Gasteiger partial charge < -0.3 is 10.2 Å². The van der Waals surface area contributed by atoms with Crippen LogP contribution in [0.25, 0.3) is 0 Å². The molecule has 1 saturated heterocycles. The first-order chi connectivity index (χ1) is 9.30. The Morgan fingerprint density at radius 2 is 1.89 bits per heavy atom. The van der Waals surface area contributed by atoms with E-state index in [2.05, 4.69) is 41.4 Å². The van der Waals surface area contributed by atoms with E-state index in [1.165, 1.54) is 44.5 Å². The Bertz CT molecular complexity index is 319. The van der Waals surface area contributed by atoms with Crippen molar-refractivity contribution < 1.29 is 0 Å². The molecular formula is C15H29N3S. The number of anilines is 1. The van der Waals surface area contributed by atoms with Crippen molar-refractivity contribution in [2.75, 3.05) is 31.5 Å². The van der Waals surface area contributed by atoms with Crippen molar-refractivity contribution >= 4 is 16.5 Å². The number of hydrogen-bond acceptors (Lipinski definition) is 4. The summed E-state index contributed by atoms with van der Waals surface area (Å²) in [5.41, 5.74) is 1.20. The van der Waals surface area contributed by atoms with Gasteiger partial charge in [-0.05, 0) is 32.4 Å². The van der Waals surface area contributed by atoms with Gasteiger partial charge in [0.2, 0.25) is 0 Å². The second kappa shape index (κ2) is 10.2. The molecule has 1 aliphatic rings. The smallest absolute Gasteiger partial charge is 0.182 e. The molecule has 2 heterocycles. The average Bonchev–Trinajstić information content (AvgIpc) is 2.89. The van der Waals surface area contributed by atoms with E-state index in [0.29, 0.717) is 0 Å². The second-order valence-corrected chi connectivity index (χ2v) is 5.89. The first-order valence-corrected chi connectivity index (χ1v) is 8.58. The summed E-state index contributed by atoms with van der Waals surface area (Å²) < 4.78 is 0. The van der Waals surface area contributed by atoms with Crippen LogP contribution in [0, 0.1) is 0 Å². The fourth-order valence-corrected chi connectivity index (χ4v) is 2.88. The highest BCUT2D eigenvalue weighted by atomic mass is 32.1. The average molecular weight is 283 g/mol. The van der Waals surface area contributed by atoms with E-state index in [-0.39, 0.29) is 0 Å². The fraction of sp³-hybridized carbons (Fsp3) is 0.800. The molecule has 0 bridgehead atoms. The molecule has 4 heteroatoms. The molecule has 1 N–H and O–H groups in total. The lowest BCUT2D eigenvalue weighted by molar-refractivity contribution is 0.237. The van der Waals surface area contributed by atoms with Crippen LogP contribution < -0.4 is 5.32 Å². The summed E-state index contributed by atoms with van der Waals surface area (Å²) in [6.07, 6.45) is 6.44. The van der Waals surface area contributed by atoms with E-state index in [0.717, 1.165) is 24.6 Å². The molecule has 1 aliphatic heterocycles. The molecule has 0 aliphatic carbocycles. The minimum Gasteiger partial charge on any atom is -0.360 e. The van der Waals surface area contributed by atoms with Crippen LogP contribution in [-0.4, -0.2) is 36.1 Å². The number of piperidine rings is 1. The lowest BCUT2D eigenvalue weighted by Crippen LogP contribution is -2.33. The van der Waals surface area contributed by atoms with Crippen LogP contribution in [0.1, 0.15) is 52.1 Å². The van der Waals surface area contributed by atoms with Crippen LogP contribution in [0.4, 0.5) is 5.13 Å². The quantitative estimate of drug-likeness (QED) is 0.884. The topological polar surface area (TPSA) is 28.2 Å². The summed E-state index contributed by atoms with van der Waals surface area (Å²) in [7, 11) is 0. The molecule has 1 aromatic heterocycles. The van der Waals surface area contributed by atoms with Gasteiger partial charge in [0.05, 0.1) is 5.69 Å². The molecule has 0 atom stereocenters. The van der Waals surface area contributed by atoms with E-state index >= 15 is 0 Å². The summed E-state index contributed by atoms with van der Waals surface area (Å²) in [5.74, 6) is 0. The maximum Gasteiger partial charge on any atom is 0.182 e. The van der Waals surface area contributed by atoms with Gasteiger partial charge in [0, 0.05) is 18.5 Å². The standard InChI is InChI=1S/C12H21N3S.C3H8/c1-2-11-10-16-12(14-11)13-6-9-15-7-4-3-5-8-15;1-3-2/h10H,2-9H2,1H3,(H,13,14);3H2,1-2H3. The number of aromatic nitrogens is 1. The molecule has 3 nitrogen and oxygen atoms in total. The lowest BCUT2D eigenvalue weighted by atomic mass is 10.1. The van der Waals surface area contributed by atoms with Crippen LogP contribution in [0.3, 0.4) is 0 Å². The molecule has 0 spiro atoms. The number of aryl methyl sites for hydroxylation is 1. The number of thiazole rings is 1. The van der Waals surface area contributed by atoms with Crippen molar-refractivity contribution in [1.82, 2.24) is 9.88 Å². The highest BCUT2D eigenvalue weighted by Gasteiger charge is 2.09. The van der Waals surface area contributed by atoms with Gasteiger partial charge in [0.15, 0.2) is 5.13 Å². The monoisotopic (exact) mass is 283 g/mol. The molecule has 0 unspecified atom stereocenters. The zero-order chi connectivity index (χ0) is 13.9. The molecule has 110 valence electrons. The normalized spacial score (nSPS) is 15.7. The maximum atomic E-state index is 4.50. The Hall–Kier alpha value is -0.610. The molecule has 0 aromatic carbocycles. The van der Waals surface area contributed by atoms with Crippen LogP contribution in [0.2, 0.25) is 0 Å². The van der Waals surface area contributed by atoms with Crippen molar-refractivity contribution in [3.8, 4) is 0 Å². The van der Waals surface area contributed by atoms with Crippen molar-refractivity contribution in [2.24, 2.45) is 0 Å². The second-order valence-electron chi connectivity index (χ2n) is 5.03. The van der Waals surface area contributed by atoms with Crippen molar-refractivity contribution in [2.45, 2.75) is 52.9 Å².